The number of halogens is 1. The summed E-state index contributed by atoms with van der Waals surface area (Å²) in [4.78, 5) is 10.3. The number of nitro benzene ring substituents is 1. The number of rotatable bonds is 4. The molecule has 0 spiro atoms. The molecular formula is C13H20ClN3O4S. The van der Waals surface area contributed by atoms with Crippen molar-refractivity contribution < 1.29 is 13.3 Å². The van der Waals surface area contributed by atoms with Gasteiger partial charge in [0.15, 0.2) is 0 Å². The Morgan fingerprint density at radius 2 is 2.09 bits per heavy atom. The summed E-state index contributed by atoms with van der Waals surface area (Å²) in [6.07, 6.45) is 0.729. The van der Waals surface area contributed by atoms with E-state index in [1.165, 1.54) is 18.2 Å². The fourth-order valence-electron chi connectivity index (χ4n) is 2.50. The number of non-ortho nitro benzene ring substituents is 1. The van der Waals surface area contributed by atoms with Crippen LogP contribution in [0.3, 0.4) is 0 Å². The number of piperidine rings is 1. The molecule has 0 aliphatic carbocycles. The minimum atomic E-state index is -3.67. The Morgan fingerprint density at radius 3 is 2.64 bits per heavy atom. The largest absolute Gasteiger partial charge is 0.316 e. The summed E-state index contributed by atoms with van der Waals surface area (Å²) in [6.45, 7) is 5.10. The van der Waals surface area contributed by atoms with Gasteiger partial charge < -0.3 is 5.32 Å². The van der Waals surface area contributed by atoms with Gasteiger partial charge in [0.2, 0.25) is 10.0 Å². The maximum atomic E-state index is 12.4. The summed E-state index contributed by atoms with van der Waals surface area (Å²) in [7, 11) is -3.67. The first-order chi connectivity index (χ1) is 9.81. The van der Waals surface area contributed by atoms with Crippen molar-refractivity contribution in [2.75, 3.05) is 13.1 Å². The van der Waals surface area contributed by atoms with Gasteiger partial charge in [-0.2, -0.15) is 0 Å². The van der Waals surface area contributed by atoms with E-state index >= 15 is 0 Å². The van der Waals surface area contributed by atoms with Crippen molar-refractivity contribution in [3.63, 3.8) is 0 Å². The zero-order valence-corrected chi connectivity index (χ0v) is 14.0. The number of aryl methyl sites for hydroxylation is 1. The molecule has 1 fully saturated rings. The highest BCUT2D eigenvalue weighted by molar-refractivity contribution is 7.89. The van der Waals surface area contributed by atoms with Crippen molar-refractivity contribution in [2.45, 2.75) is 31.2 Å². The van der Waals surface area contributed by atoms with E-state index in [0.29, 0.717) is 5.56 Å². The van der Waals surface area contributed by atoms with E-state index in [1.54, 1.807) is 6.92 Å². The van der Waals surface area contributed by atoms with Crippen LogP contribution in [-0.4, -0.2) is 32.5 Å². The molecule has 2 unspecified atom stereocenters. The average molecular weight is 350 g/mol. The number of sulfonamides is 1. The third kappa shape index (κ3) is 4.16. The maximum absolute atomic E-state index is 12.4. The Morgan fingerprint density at radius 1 is 1.41 bits per heavy atom. The van der Waals surface area contributed by atoms with Gasteiger partial charge in [0, 0.05) is 18.2 Å². The summed E-state index contributed by atoms with van der Waals surface area (Å²) >= 11 is 0. The summed E-state index contributed by atoms with van der Waals surface area (Å²) < 4.78 is 27.6. The van der Waals surface area contributed by atoms with Crippen LogP contribution in [0.1, 0.15) is 18.9 Å². The third-order valence-corrected chi connectivity index (χ3v) is 5.40. The third-order valence-electron chi connectivity index (χ3n) is 3.75. The van der Waals surface area contributed by atoms with E-state index in [9.17, 15) is 18.5 Å². The first-order valence-electron chi connectivity index (χ1n) is 6.79. The molecule has 0 radical (unpaired) electrons. The van der Waals surface area contributed by atoms with E-state index in [2.05, 4.69) is 10.0 Å². The topological polar surface area (TPSA) is 101 Å². The SMILES string of the molecule is Cc1cc([N+](=O)[O-])ccc1S(=O)(=O)NC1CCNCC1C.Cl. The van der Waals surface area contributed by atoms with Crippen molar-refractivity contribution in [1.82, 2.24) is 10.0 Å². The number of nitrogens with zero attached hydrogens (tertiary/aromatic N) is 1. The van der Waals surface area contributed by atoms with Crippen molar-refractivity contribution in [3.05, 3.63) is 33.9 Å². The monoisotopic (exact) mass is 349 g/mol. The van der Waals surface area contributed by atoms with Gasteiger partial charge >= 0.3 is 0 Å². The molecule has 2 N–H and O–H groups in total. The van der Waals surface area contributed by atoms with Crippen LogP contribution in [0.5, 0.6) is 0 Å². The lowest BCUT2D eigenvalue weighted by Gasteiger charge is -2.30. The lowest BCUT2D eigenvalue weighted by molar-refractivity contribution is -0.385. The van der Waals surface area contributed by atoms with Gasteiger partial charge in [-0.05, 0) is 44.0 Å². The molecule has 0 amide bonds. The van der Waals surface area contributed by atoms with Gasteiger partial charge in [0.25, 0.3) is 5.69 Å². The number of nitro groups is 1. The highest BCUT2D eigenvalue weighted by Gasteiger charge is 2.28. The van der Waals surface area contributed by atoms with E-state index in [-0.39, 0.29) is 34.9 Å². The molecule has 1 heterocycles. The molecule has 1 aliphatic heterocycles. The van der Waals surface area contributed by atoms with Crippen LogP contribution in [0.2, 0.25) is 0 Å². The lowest BCUT2D eigenvalue weighted by Crippen LogP contribution is -2.48. The Balaban J connectivity index is 0.00000242. The molecule has 0 bridgehead atoms. The molecule has 2 rings (SSSR count). The highest BCUT2D eigenvalue weighted by atomic mass is 35.5. The molecular weight excluding hydrogens is 330 g/mol. The molecule has 2 atom stereocenters. The predicted octanol–water partition coefficient (Wildman–Crippen LogP) is 1.60. The molecule has 9 heteroatoms. The van der Waals surface area contributed by atoms with Crippen molar-refractivity contribution in [1.29, 1.82) is 0 Å². The minimum Gasteiger partial charge on any atom is -0.316 e. The van der Waals surface area contributed by atoms with Gasteiger partial charge in [0.1, 0.15) is 0 Å². The second kappa shape index (κ2) is 7.36. The molecule has 1 aromatic carbocycles. The first kappa shape index (κ1) is 18.8. The Hall–Kier alpha value is -1.22. The predicted molar refractivity (Wildman–Crippen MR) is 85.8 cm³/mol. The first-order valence-corrected chi connectivity index (χ1v) is 8.27. The highest BCUT2D eigenvalue weighted by Crippen LogP contribution is 2.22. The van der Waals surface area contributed by atoms with E-state index in [4.69, 9.17) is 0 Å². The van der Waals surface area contributed by atoms with Crippen LogP contribution < -0.4 is 10.0 Å². The number of benzene rings is 1. The fourth-order valence-corrected chi connectivity index (χ4v) is 4.11. The molecule has 1 aliphatic rings. The Kier molecular flexibility index (Phi) is 6.30. The molecule has 1 saturated heterocycles. The van der Waals surface area contributed by atoms with E-state index in [1.807, 2.05) is 6.92 Å². The summed E-state index contributed by atoms with van der Waals surface area (Å²) in [5.41, 5.74) is 0.264. The average Bonchev–Trinajstić information content (AvgIpc) is 2.40. The molecule has 124 valence electrons. The Labute approximate surface area is 136 Å². The molecule has 1 aromatic rings. The van der Waals surface area contributed by atoms with Crippen molar-refractivity contribution >= 4 is 28.1 Å². The van der Waals surface area contributed by atoms with Gasteiger partial charge in [-0.15, -0.1) is 12.4 Å². The molecule has 22 heavy (non-hydrogen) atoms. The number of hydrogen-bond acceptors (Lipinski definition) is 5. The van der Waals surface area contributed by atoms with E-state index in [0.717, 1.165) is 19.5 Å². The van der Waals surface area contributed by atoms with Gasteiger partial charge in [0.05, 0.1) is 9.82 Å². The fraction of sp³-hybridized carbons (Fsp3) is 0.538. The summed E-state index contributed by atoms with van der Waals surface area (Å²) in [6, 6.07) is 3.67. The number of hydrogen-bond donors (Lipinski definition) is 2. The second-order valence-electron chi connectivity index (χ2n) is 5.40. The van der Waals surface area contributed by atoms with Crippen LogP contribution in [0.15, 0.2) is 23.1 Å². The standard InChI is InChI=1S/C13H19N3O4S.ClH/c1-9-7-11(16(17)18)3-4-13(9)21(19,20)15-12-5-6-14-8-10(12)2;/h3-4,7,10,12,14-15H,5-6,8H2,1-2H3;1H. The normalized spacial score (nSPS) is 21.9. The van der Waals surface area contributed by atoms with Crippen LogP contribution in [0, 0.1) is 23.0 Å². The lowest BCUT2D eigenvalue weighted by atomic mass is 9.97. The minimum absolute atomic E-state index is 0. The van der Waals surface area contributed by atoms with Crippen LogP contribution in [0.25, 0.3) is 0 Å². The quantitative estimate of drug-likeness (QED) is 0.635. The maximum Gasteiger partial charge on any atom is 0.269 e. The smallest absolute Gasteiger partial charge is 0.269 e. The zero-order valence-electron chi connectivity index (χ0n) is 12.4. The summed E-state index contributed by atoms with van der Waals surface area (Å²) in [5.74, 6) is 0.201. The summed E-state index contributed by atoms with van der Waals surface area (Å²) in [5, 5.41) is 13.9. The molecule has 0 aromatic heterocycles. The number of nitrogens with one attached hydrogen (secondary N) is 2. The van der Waals surface area contributed by atoms with E-state index < -0.39 is 14.9 Å². The van der Waals surface area contributed by atoms with Gasteiger partial charge in [-0.25, -0.2) is 13.1 Å². The van der Waals surface area contributed by atoms with Crippen LogP contribution in [0.4, 0.5) is 5.69 Å². The molecule has 7 nitrogen and oxygen atoms in total. The van der Waals surface area contributed by atoms with Gasteiger partial charge in [-0.1, -0.05) is 6.92 Å². The zero-order chi connectivity index (χ0) is 15.6. The van der Waals surface area contributed by atoms with Crippen molar-refractivity contribution in [3.8, 4) is 0 Å². The van der Waals surface area contributed by atoms with Crippen LogP contribution in [-0.2, 0) is 10.0 Å². The van der Waals surface area contributed by atoms with Crippen LogP contribution >= 0.6 is 12.4 Å². The molecule has 0 saturated carbocycles. The van der Waals surface area contributed by atoms with Crippen molar-refractivity contribution in [2.24, 2.45) is 5.92 Å². The second-order valence-corrected chi connectivity index (χ2v) is 7.09. The Bertz CT molecular complexity index is 651. The van der Waals surface area contributed by atoms with Gasteiger partial charge in [-0.3, -0.25) is 10.1 Å².